The molecule has 0 saturated carbocycles. The van der Waals surface area contributed by atoms with Crippen LogP contribution < -0.4 is 11.1 Å². The Morgan fingerprint density at radius 2 is 1.95 bits per heavy atom. The maximum Gasteiger partial charge on any atom is 0.225 e. The Morgan fingerprint density at radius 1 is 1.29 bits per heavy atom. The summed E-state index contributed by atoms with van der Waals surface area (Å²) in [5.74, 6) is 0.715. The lowest BCUT2D eigenvalue weighted by atomic mass is 10.0. The molecule has 1 aromatic rings. The molecule has 1 aromatic carbocycles. The molecular weight excluding hydrogens is 262 g/mol. The monoisotopic (exact) mass is 291 g/mol. The normalized spacial score (nSPS) is 12.7. The van der Waals surface area contributed by atoms with Crippen molar-refractivity contribution >= 4 is 11.6 Å². The van der Waals surface area contributed by atoms with Gasteiger partial charge in [0, 0.05) is 31.2 Å². The highest BCUT2D eigenvalue weighted by atomic mass is 16.1. The van der Waals surface area contributed by atoms with E-state index in [1.807, 2.05) is 24.3 Å². The molecule has 0 heterocycles. The molecule has 0 bridgehead atoms. The fraction of sp³-hybridized carbons (Fsp3) is 0.588. The molecule has 118 valence electrons. The number of nitrogens with two attached hydrogens (primary N) is 1. The van der Waals surface area contributed by atoms with E-state index in [0.29, 0.717) is 24.9 Å². The second-order valence-corrected chi connectivity index (χ2v) is 6.12. The van der Waals surface area contributed by atoms with Crippen LogP contribution in [0.3, 0.4) is 0 Å². The molecule has 0 aliphatic carbocycles. The number of hydrogen-bond donors (Lipinski definition) is 2. The molecule has 1 atom stereocenters. The van der Waals surface area contributed by atoms with Gasteiger partial charge in [0.25, 0.3) is 0 Å². The molecule has 0 saturated heterocycles. The molecule has 4 nitrogen and oxygen atoms in total. The summed E-state index contributed by atoms with van der Waals surface area (Å²) in [6.45, 7) is 7.86. The number of para-hydroxylation sites is 1. The third-order valence-electron chi connectivity index (χ3n) is 3.77. The number of carbonyl (C=O) groups is 1. The summed E-state index contributed by atoms with van der Waals surface area (Å²) in [5.41, 5.74) is 7.46. The topological polar surface area (TPSA) is 58.4 Å². The molecule has 1 amide bonds. The minimum absolute atomic E-state index is 0.0412. The van der Waals surface area contributed by atoms with Crippen LogP contribution in [0.4, 0.5) is 5.69 Å². The largest absolute Gasteiger partial charge is 0.326 e. The van der Waals surface area contributed by atoms with Crippen LogP contribution in [0.2, 0.25) is 0 Å². The van der Waals surface area contributed by atoms with E-state index in [0.717, 1.165) is 24.2 Å². The first kappa shape index (κ1) is 17.7. The van der Waals surface area contributed by atoms with Crippen LogP contribution in [0.25, 0.3) is 0 Å². The highest BCUT2D eigenvalue weighted by Crippen LogP contribution is 2.15. The number of amides is 1. The Balaban J connectivity index is 2.44. The van der Waals surface area contributed by atoms with Crippen molar-refractivity contribution in [2.24, 2.45) is 11.7 Å². The SMILES string of the molecule is CC(C)CC(C)N(C)CCC(=O)Nc1ccccc1CN. The van der Waals surface area contributed by atoms with E-state index >= 15 is 0 Å². The predicted octanol–water partition coefficient (Wildman–Crippen LogP) is 2.84. The van der Waals surface area contributed by atoms with Crippen molar-refractivity contribution in [1.29, 1.82) is 0 Å². The van der Waals surface area contributed by atoms with Gasteiger partial charge in [-0.15, -0.1) is 0 Å². The van der Waals surface area contributed by atoms with Crippen LogP contribution in [0.1, 0.15) is 39.2 Å². The minimum atomic E-state index is 0.0412. The lowest BCUT2D eigenvalue weighted by molar-refractivity contribution is -0.116. The van der Waals surface area contributed by atoms with Crippen LogP contribution in [-0.2, 0) is 11.3 Å². The third-order valence-corrected chi connectivity index (χ3v) is 3.77. The van der Waals surface area contributed by atoms with E-state index in [-0.39, 0.29) is 5.91 Å². The van der Waals surface area contributed by atoms with Crippen LogP contribution in [0, 0.1) is 5.92 Å². The third kappa shape index (κ3) is 6.27. The van der Waals surface area contributed by atoms with Crippen molar-refractivity contribution in [2.75, 3.05) is 18.9 Å². The van der Waals surface area contributed by atoms with Gasteiger partial charge < -0.3 is 16.0 Å². The van der Waals surface area contributed by atoms with Crippen molar-refractivity contribution in [3.63, 3.8) is 0 Å². The first-order valence-electron chi connectivity index (χ1n) is 7.72. The van der Waals surface area contributed by atoms with Crippen LogP contribution in [0.5, 0.6) is 0 Å². The second-order valence-electron chi connectivity index (χ2n) is 6.12. The molecule has 3 N–H and O–H groups in total. The molecule has 0 radical (unpaired) electrons. The van der Waals surface area contributed by atoms with E-state index in [4.69, 9.17) is 5.73 Å². The number of carbonyl (C=O) groups excluding carboxylic acids is 1. The zero-order valence-electron chi connectivity index (χ0n) is 13.7. The molecule has 1 rings (SSSR count). The summed E-state index contributed by atoms with van der Waals surface area (Å²) >= 11 is 0. The Bertz CT molecular complexity index is 445. The molecule has 0 aliphatic heterocycles. The van der Waals surface area contributed by atoms with Gasteiger partial charge >= 0.3 is 0 Å². The maximum absolute atomic E-state index is 12.1. The van der Waals surface area contributed by atoms with E-state index in [1.54, 1.807) is 0 Å². The predicted molar refractivity (Wildman–Crippen MR) is 89.1 cm³/mol. The summed E-state index contributed by atoms with van der Waals surface area (Å²) in [4.78, 5) is 14.3. The second kappa shape index (κ2) is 8.80. The van der Waals surface area contributed by atoms with Gasteiger partial charge in [0.1, 0.15) is 0 Å². The van der Waals surface area contributed by atoms with Gasteiger partial charge in [-0.2, -0.15) is 0 Å². The fourth-order valence-corrected chi connectivity index (χ4v) is 2.39. The first-order valence-corrected chi connectivity index (χ1v) is 7.72. The molecule has 0 fully saturated rings. The van der Waals surface area contributed by atoms with Gasteiger partial charge in [0.2, 0.25) is 5.91 Å². The number of hydrogen-bond acceptors (Lipinski definition) is 3. The molecule has 21 heavy (non-hydrogen) atoms. The van der Waals surface area contributed by atoms with Gasteiger partial charge in [-0.05, 0) is 37.9 Å². The Hall–Kier alpha value is -1.39. The number of rotatable bonds is 8. The summed E-state index contributed by atoms with van der Waals surface area (Å²) in [6.07, 6.45) is 1.64. The zero-order valence-corrected chi connectivity index (χ0v) is 13.7. The number of benzene rings is 1. The number of anilines is 1. The average Bonchev–Trinajstić information content (AvgIpc) is 2.44. The molecule has 1 unspecified atom stereocenters. The molecule has 4 heteroatoms. The van der Waals surface area contributed by atoms with E-state index in [1.165, 1.54) is 0 Å². The van der Waals surface area contributed by atoms with Crippen molar-refractivity contribution in [3.8, 4) is 0 Å². The van der Waals surface area contributed by atoms with Crippen molar-refractivity contribution in [3.05, 3.63) is 29.8 Å². The highest BCUT2D eigenvalue weighted by Gasteiger charge is 2.13. The Kier molecular flexibility index (Phi) is 7.40. The van der Waals surface area contributed by atoms with Crippen molar-refractivity contribution < 1.29 is 4.79 Å². The van der Waals surface area contributed by atoms with E-state index < -0.39 is 0 Å². The van der Waals surface area contributed by atoms with Gasteiger partial charge in [0.15, 0.2) is 0 Å². The molecule has 0 aromatic heterocycles. The van der Waals surface area contributed by atoms with Crippen LogP contribution in [0.15, 0.2) is 24.3 Å². The van der Waals surface area contributed by atoms with E-state index in [2.05, 4.69) is 38.0 Å². The summed E-state index contributed by atoms with van der Waals surface area (Å²) in [6, 6.07) is 8.16. The van der Waals surface area contributed by atoms with Crippen molar-refractivity contribution in [1.82, 2.24) is 4.90 Å². The average molecular weight is 291 g/mol. The minimum Gasteiger partial charge on any atom is -0.326 e. The van der Waals surface area contributed by atoms with Gasteiger partial charge in [-0.1, -0.05) is 32.0 Å². The maximum atomic E-state index is 12.1. The highest BCUT2D eigenvalue weighted by molar-refractivity contribution is 5.91. The standard InChI is InChI=1S/C17H29N3O/c1-13(2)11-14(3)20(4)10-9-17(21)19-16-8-6-5-7-15(16)12-18/h5-8,13-14H,9-12,18H2,1-4H3,(H,19,21). The molecular formula is C17H29N3O. The fourth-order valence-electron chi connectivity index (χ4n) is 2.39. The lowest BCUT2D eigenvalue weighted by Gasteiger charge is -2.25. The van der Waals surface area contributed by atoms with Gasteiger partial charge in [-0.25, -0.2) is 0 Å². The summed E-state index contributed by atoms with van der Waals surface area (Å²) in [7, 11) is 2.08. The first-order chi connectivity index (χ1) is 9.93. The smallest absolute Gasteiger partial charge is 0.225 e. The summed E-state index contributed by atoms with van der Waals surface area (Å²) < 4.78 is 0. The Morgan fingerprint density at radius 3 is 2.57 bits per heavy atom. The van der Waals surface area contributed by atoms with Crippen LogP contribution in [-0.4, -0.2) is 30.4 Å². The zero-order chi connectivity index (χ0) is 15.8. The van der Waals surface area contributed by atoms with Gasteiger partial charge in [-0.3, -0.25) is 4.79 Å². The van der Waals surface area contributed by atoms with E-state index in [9.17, 15) is 4.79 Å². The van der Waals surface area contributed by atoms with Gasteiger partial charge in [0.05, 0.1) is 0 Å². The number of nitrogens with one attached hydrogen (secondary N) is 1. The van der Waals surface area contributed by atoms with Crippen LogP contribution >= 0.6 is 0 Å². The lowest BCUT2D eigenvalue weighted by Crippen LogP contribution is -2.33. The molecule has 0 aliphatic rings. The quantitative estimate of drug-likeness (QED) is 0.774. The van der Waals surface area contributed by atoms with Crippen molar-refractivity contribution in [2.45, 2.75) is 46.2 Å². The summed E-state index contributed by atoms with van der Waals surface area (Å²) in [5, 5.41) is 2.95. The molecule has 0 spiro atoms. The number of nitrogens with zero attached hydrogens (tertiary/aromatic N) is 1. The Labute approximate surface area is 128 Å².